The Hall–Kier alpha value is -0.610. The SMILES string of the molecule is CCCCCCC(C)(NCCCNC)C(=O)O. The Balaban J connectivity index is 3.94. The topological polar surface area (TPSA) is 61.4 Å². The minimum Gasteiger partial charge on any atom is -0.480 e. The van der Waals surface area contributed by atoms with Crippen LogP contribution in [-0.4, -0.2) is 36.8 Å². The first-order valence-electron chi connectivity index (χ1n) is 6.70. The smallest absolute Gasteiger partial charge is 0.323 e. The molecule has 3 N–H and O–H groups in total. The van der Waals surface area contributed by atoms with Gasteiger partial charge in [0.15, 0.2) is 0 Å². The van der Waals surface area contributed by atoms with Gasteiger partial charge >= 0.3 is 5.97 Å². The molecule has 0 aromatic heterocycles. The third-order valence-corrected chi connectivity index (χ3v) is 3.12. The standard InChI is InChI=1S/C13H28N2O2/c1-4-5-6-7-9-13(2,12(16)17)15-11-8-10-14-3/h14-15H,4-11H2,1-3H3,(H,16,17). The first-order chi connectivity index (χ1) is 8.06. The molecule has 102 valence electrons. The molecule has 0 spiro atoms. The van der Waals surface area contributed by atoms with E-state index in [0.29, 0.717) is 6.42 Å². The molecule has 0 amide bonds. The summed E-state index contributed by atoms with van der Waals surface area (Å²) in [7, 11) is 1.90. The zero-order valence-electron chi connectivity index (χ0n) is 11.5. The van der Waals surface area contributed by atoms with Crippen molar-refractivity contribution >= 4 is 5.97 Å². The van der Waals surface area contributed by atoms with Crippen molar-refractivity contribution in [2.75, 3.05) is 20.1 Å². The number of carboxylic acid groups (broad SMARTS) is 1. The van der Waals surface area contributed by atoms with Crippen molar-refractivity contribution in [3.05, 3.63) is 0 Å². The molecule has 1 unspecified atom stereocenters. The fourth-order valence-electron chi connectivity index (χ4n) is 1.81. The summed E-state index contributed by atoms with van der Waals surface area (Å²) in [6.45, 7) is 5.61. The van der Waals surface area contributed by atoms with Crippen LogP contribution in [0.1, 0.15) is 52.4 Å². The van der Waals surface area contributed by atoms with Gasteiger partial charge < -0.3 is 15.7 Å². The van der Waals surface area contributed by atoms with E-state index in [0.717, 1.165) is 32.4 Å². The molecule has 0 rings (SSSR count). The fraction of sp³-hybridized carbons (Fsp3) is 0.923. The summed E-state index contributed by atoms with van der Waals surface area (Å²) in [5.41, 5.74) is -0.762. The Morgan fingerprint density at radius 3 is 2.41 bits per heavy atom. The summed E-state index contributed by atoms with van der Waals surface area (Å²) in [6.07, 6.45) is 6.14. The summed E-state index contributed by atoms with van der Waals surface area (Å²) in [5.74, 6) is -0.738. The van der Waals surface area contributed by atoms with Gasteiger partial charge in [-0.25, -0.2) is 0 Å². The Labute approximate surface area is 105 Å². The molecule has 1 atom stereocenters. The van der Waals surface area contributed by atoms with Gasteiger partial charge in [0, 0.05) is 0 Å². The minimum absolute atomic E-state index is 0.710. The molecule has 4 heteroatoms. The lowest BCUT2D eigenvalue weighted by molar-refractivity contribution is -0.144. The van der Waals surface area contributed by atoms with E-state index in [-0.39, 0.29) is 0 Å². The van der Waals surface area contributed by atoms with Gasteiger partial charge in [-0.2, -0.15) is 0 Å². The van der Waals surface area contributed by atoms with E-state index >= 15 is 0 Å². The predicted octanol–water partition coefficient (Wildman–Crippen LogP) is 2.00. The van der Waals surface area contributed by atoms with Gasteiger partial charge in [0.05, 0.1) is 0 Å². The largest absolute Gasteiger partial charge is 0.480 e. The molecule has 0 fully saturated rings. The van der Waals surface area contributed by atoms with Crippen molar-refractivity contribution in [2.45, 2.75) is 57.9 Å². The monoisotopic (exact) mass is 244 g/mol. The molecule has 0 aliphatic rings. The lowest BCUT2D eigenvalue weighted by Crippen LogP contribution is -2.50. The predicted molar refractivity (Wildman–Crippen MR) is 71.3 cm³/mol. The molecule has 0 saturated carbocycles. The molecule has 0 aliphatic heterocycles. The maximum atomic E-state index is 11.3. The average Bonchev–Trinajstić information content (AvgIpc) is 2.30. The van der Waals surface area contributed by atoms with Crippen LogP contribution in [-0.2, 0) is 4.79 Å². The summed E-state index contributed by atoms with van der Waals surface area (Å²) >= 11 is 0. The van der Waals surface area contributed by atoms with Crippen LogP contribution in [0.3, 0.4) is 0 Å². The molecular weight excluding hydrogens is 216 g/mol. The summed E-state index contributed by atoms with van der Waals surface area (Å²) in [4.78, 5) is 11.3. The molecule has 0 bridgehead atoms. The fourth-order valence-corrected chi connectivity index (χ4v) is 1.81. The zero-order valence-corrected chi connectivity index (χ0v) is 11.5. The van der Waals surface area contributed by atoms with E-state index in [1.807, 2.05) is 7.05 Å². The Bertz CT molecular complexity index is 196. The number of rotatable bonds is 11. The third-order valence-electron chi connectivity index (χ3n) is 3.12. The van der Waals surface area contributed by atoms with Gasteiger partial charge in [-0.1, -0.05) is 32.6 Å². The third kappa shape index (κ3) is 7.34. The molecule has 17 heavy (non-hydrogen) atoms. The molecule has 0 radical (unpaired) electrons. The van der Waals surface area contributed by atoms with Gasteiger partial charge in [-0.3, -0.25) is 4.79 Å². The second kappa shape index (κ2) is 9.42. The molecule has 0 saturated heterocycles. The molecular formula is C13H28N2O2. The highest BCUT2D eigenvalue weighted by Crippen LogP contribution is 2.15. The van der Waals surface area contributed by atoms with Gasteiger partial charge in [0.2, 0.25) is 0 Å². The van der Waals surface area contributed by atoms with Crippen molar-refractivity contribution in [1.29, 1.82) is 0 Å². The van der Waals surface area contributed by atoms with Crippen molar-refractivity contribution < 1.29 is 9.90 Å². The van der Waals surface area contributed by atoms with Crippen LogP contribution in [0, 0.1) is 0 Å². The number of hydrogen-bond donors (Lipinski definition) is 3. The quantitative estimate of drug-likeness (QED) is 0.486. The van der Waals surface area contributed by atoms with Crippen LogP contribution in [0.25, 0.3) is 0 Å². The highest BCUT2D eigenvalue weighted by molar-refractivity contribution is 5.78. The van der Waals surface area contributed by atoms with Crippen LogP contribution in [0.4, 0.5) is 0 Å². The lowest BCUT2D eigenvalue weighted by atomic mass is 9.94. The van der Waals surface area contributed by atoms with E-state index in [9.17, 15) is 9.90 Å². The number of aliphatic carboxylic acids is 1. The second-order valence-electron chi connectivity index (χ2n) is 4.83. The normalized spacial score (nSPS) is 14.5. The van der Waals surface area contributed by atoms with E-state index in [1.54, 1.807) is 6.92 Å². The molecule has 0 heterocycles. The van der Waals surface area contributed by atoms with Crippen LogP contribution < -0.4 is 10.6 Å². The number of carbonyl (C=O) groups is 1. The maximum Gasteiger partial charge on any atom is 0.323 e. The van der Waals surface area contributed by atoms with Crippen molar-refractivity contribution in [1.82, 2.24) is 10.6 Å². The Morgan fingerprint density at radius 2 is 1.88 bits per heavy atom. The minimum atomic E-state index is -0.762. The highest BCUT2D eigenvalue weighted by atomic mass is 16.4. The Kier molecular flexibility index (Phi) is 9.09. The first-order valence-corrected chi connectivity index (χ1v) is 6.70. The van der Waals surface area contributed by atoms with Crippen LogP contribution in [0.5, 0.6) is 0 Å². The van der Waals surface area contributed by atoms with Crippen LogP contribution in [0.2, 0.25) is 0 Å². The summed E-state index contributed by atoms with van der Waals surface area (Å²) < 4.78 is 0. The van der Waals surface area contributed by atoms with Crippen molar-refractivity contribution in [3.63, 3.8) is 0 Å². The van der Waals surface area contributed by atoms with E-state index in [4.69, 9.17) is 0 Å². The zero-order chi connectivity index (χ0) is 13.1. The van der Waals surface area contributed by atoms with Crippen molar-refractivity contribution in [2.24, 2.45) is 0 Å². The molecule has 4 nitrogen and oxygen atoms in total. The van der Waals surface area contributed by atoms with Crippen LogP contribution >= 0.6 is 0 Å². The summed E-state index contributed by atoms with van der Waals surface area (Å²) in [5, 5.41) is 15.5. The number of hydrogen-bond acceptors (Lipinski definition) is 3. The van der Waals surface area contributed by atoms with Gasteiger partial charge in [-0.15, -0.1) is 0 Å². The number of carboxylic acids is 1. The molecule has 0 aromatic rings. The first kappa shape index (κ1) is 16.4. The van der Waals surface area contributed by atoms with Gasteiger partial charge in [-0.05, 0) is 39.9 Å². The second-order valence-corrected chi connectivity index (χ2v) is 4.83. The molecule has 0 aliphatic carbocycles. The average molecular weight is 244 g/mol. The summed E-state index contributed by atoms with van der Waals surface area (Å²) in [6, 6.07) is 0. The van der Waals surface area contributed by atoms with Crippen molar-refractivity contribution in [3.8, 4) is 0 Å². The van der Waals surface area contributed by atoms with Gasteiger partial charge in [0.1, 0.15) is 5.54 Å². The van der Waals surface area contributed by atoms with E-state index < -0.39 is 11.5 Å². The lowest BCUT2D eigenvalue weighted by Gasteiger charge is -2.26. The van der Waals surface area contributed by atoms with E-state index in [2.05, 4.69) is 17.6 Å². The van der Waals surface area contributed by atoms with E-state index in [1.165, 1.54) is 12.8 Å². The molecule has 0 aromatic carbocycles. The van der Waals surface area contributed by atoms with Crippen LogP contribution in [0.15, 0.2) is 0 Å². The number of unbranched alkanes of at least 4 members (excludes halogenated alkanes) is 3. The number of nitrogens with one attached hydrogen (secondary N) is 2. The maximum absolute atomic E-state index is 11.3. The van der Waals surface area contributed by atoms with Gasteiger partial charge in [0.25, 0.3) is 0 Å². The Morgan fingerprint density at radius 1 is 1.18 bits per heavy atom. The highest BCUT2D eigenvalue weighted by Gasteiger charge is 2.31.